The van der Waals surface area contributed by atoms with Crippen LogP contribution in [0.3, 0.4) is 0 Å². The van der Waals surface area contributed by atoms with Gasteiger partial charge in [0, 0.05) is 5.88 Å². The zero-order valence-corrected chi connectivity index (χ0v) is 16.6. The van der Waals surface area contributed by atoms with E-state index in [0.29, 0.717) is 0 Å². The van der Waals surface area contributed by atoms with Gasteiger partial charge in [-0.05, 0) is 25.7 Å². The fourth-order valence-electron chi connectivity index (χ4n) is 3.13. The van der Waals surface area contributed by atoms with Gasteiger partial charge in [-0.3, -0.25) is 0 Å². The van der Waals surface area contributed by atoms with E-state index in [2.05, 4.69) is 21.0 Å². The first kappa shape index (κ1) is 22.2. The van der Waals surface area contributed by atoms with Gasteiger partial charge in [0.1, 0.15) is 0 Å². The van der Waals surface area contributed by atoms with Crippen LogP contribution in [0.2, 0.25) is 0 Å². The zero-order valence-electron chi connectivity index (χ0n) is 15.8. The Morgan fingerprint density at radius 2 is 0.909 bits per heavy atom. The van der Waals surface area contributed by atoms with Crippen LogP contribution < -0.4 is 0 Å². The molecular formula is C20H43ClN+. The van der Waals surface area contributed by atoms with E-state index in [-0.39, 0.29) is 0 Å². The van der Waals surface area contributed by atoms with Crippen LogP contribution in [0.1, 0.15) is 96.8 Å². The minimum Gasteiger partial charge on any atom is -0.328 e. The Balaban J connectivity index is 3.22. The summed E-state index contributed by atoms with van der Waals surface area (Å²) in [6, 6.07) is 0. The van der Waals surface area contributed by atoms with Crippen LogP contribution in [-0.2, 0) is 0 Å². The summed E-state index contributed by atoms with van der Waals surface area (Å²) in [5, 5.41) is 0. The fourth-order valence-corrected chi connectivity index (χ4v) is 3.32. The highest BCUT2D eigenvalue weighted by Gasteiger charge is 2.13. The van der Waals surface area contributed by atoms with Crippen LogP contribution in [0.25, 0.3) is 0 Å². The number of nitrogens with zero attached hydrogens (tertiary/aromatic N) is 1. The normalized spacial score (nSPS) is 12.0. The molecule has 0 aliphatic heterocycles. The molecule has 0 fully saturated rings. The van der Waals surface area contributed by atoms with Crippen LogP contribution in [0.4, 0.5) is 0 Å². The number of hydrogen-bond donors (Lipinski definition) is 0. The number of halogens is 1. The third-order valence-corrected chi connectivity index (χ3v) is 5.03. The van der Waals surface area contributed by atoms with Crippen molar-refractivity contribution in [3.8, 4) is 0 Å². The molecule has 0 saturated heterocycles. The number of hydrogen-bond acceptors (Lipinski definition) is 0. The van der Waals surface area contributed by atoms with E-state index in [1.165, 1.54) is 107 Å². The van der Waals surface area contributed by atoms with Crippen LogP contribution in [0, 0.1) is 0 Å². The summed E-state index contributed by atoms with van der Waals surface area (Å²) in [5.41, 5.74) is 0. The van der Waals surface area contributed by atoms with E-state index in [1.807, 2.05) is 0 Å². The summed E-state index contributed by atoms with van der Waals surface area (Å²) in [4.78, 5) is 0. The van der Waals surface area contributed by atoms with E-state index in [0.717, 1.165) is 5.88 Å². The van der Waals surface area contributed by atoms with Crippen molar-refractivity contribution in [1.82, 2.24) is 0 Å². The van der Waals surface area contributed by atoms with Crippen LogP contribution in [-0.4, -0.2) is 37.5 Å². The average Bonchev–Trinajstić information content (AvgIpc) is 2.48. The Labute approximate surface area is 146 Å². The van der Waals surface area contributed by atoms with E-state index in [9.17, 15) is 0 Å². The second-order valence-electron chi connectivity index (χ2n) is 7.67. The van der Waals surface area contributed by atoms with Crippen LogP contribution in [0.15, 0.2) is 0 Å². The molecule has 0 aromatic heterocycles. The monoisotopic (exact) mass is 332 g/mol. The van der Waals surface area contributed by atoms with Gasteiger partial charge < -0.3 is 4.48 Å². The number of unbranched alkanes of at least 4 members (excludes halogenated alkanes) is 12. The minimum absolute atomic E-state index is 0.818. The maximum Gasteiger partial charge on any atom is 0.0782 e. The van der Waals surface area contributed by atoms with Gasteiger partial charge in [0.25, 0.3) is 0 Å². The lowest BCUT2D eigenvalue weighted by Gasteiger charge is -2.29. The van der Waals surface area contributed by atoms with Gasteiger partial charge in [-0.15, -0.1) is 11.6 Å². The molecule has 0 rings (SSSR count). The van der Waals surface area contributed by atoms with Crippen molar-refractivity contribution in [3.63, 3.8) is 0 Å². The van der Waals surface area contributed by atoms with Gasteiger partial charge in [0.2, 0.25) is 0 Å². The molecule has 134 valence electrons. The highest BCUT2D eigenvalue weighted by molar-refractivity contribution is 6.17. The van der Waals surface area contributed by atoms with E-state index in [1.54, 1.807) is 0 Å². The Morgan fingerprint density at radius 3 is 1.32 bits per heavy atom. The molecule has 22 heavy (non-hydrogen) atoms. The average molecular weight is 333 g/mol. The van der Waals surface area contributed by atoms with E-state index >= 15 is 0 Å². The molecule has 0 spiro atoms. The Bertz CT molecular complexity index is 216. The Morgan fingerprint density at radius 1 is 0.545 bits per heavy atom. The van der Waals surface area contributed by atoms with Crippen LogP contribution in [0.5, 0.6) is 0 Å². The number of alkyl halides is 1. The highest BCUT2D eigenvalue weighted by atomic mass is 35.5. The summed E-state index contributed by atoms with van der Waals surface area (Å²) in [6.07, 6.45) is 19.7. The summed E-state index contributed by atoms with van der Waals surface area (Å²) >= 11 is 5.75. The predicted octanol–water partition coefficient (Wildman–Crippen LogP) is 6.78. The minimum atomic E-state index is 0.818. The Hall–Kier alpha value is 0.250. The van der Waals surface area contributed by atoms with Gasteiger partial charge in [-0.25, -0.2) is 0 Å². The van der Waals surface area contributed by atoms with Crippen molar-refractivity contribution >= 4 is 11.6 Å². The second-order valence-corrected chi connectivity index (χ2v) is 8.05. The van der Waals surface area contributed by atoms with Crippen LogP contribution >= 0.6 is 11.6 Å². The predicted molar refractivity (Wildman–Crippen MR) is 103 cm³/mol. The smallest absolute Gasteiger partial charge is 0.0782 e. The van der Waals surface area contributed by atoms with Gasteiger partial charge in [-0.1, -0.05) is 71.1 Å². The van der Waals surface area contributed by atoms with Crippen molar-refractivity contribution in [1.29, 1.82) is 0 Å². The summed E-state index contributed by atoms with van der Waals surface area (Å²) in [5.74, 6) is 0.818. The molecule has 0 N–H and O–H groups in total. The lowest BCUT2D eigenvalue weighted by atomic mass is 10.1. The van der Waals surface area contributed by atoms with Gasteiger partial charge in [0.15, 0.2) is 0 Å². The molecule has 0 unspecified atom stereocenters. The number of quaternary nitrogens is 1. The lowest BCUT2D eigenvalue weighted by Crippen LogP contribution is -2.41. The van der Waals surface area contributed by atoms with E-state index in [4.69, 9.17) is 11.6 Å². The molecule has 1 nitrogen and oxygen atoms in total. The molecule has 0 amide bonds. The molecule has 0 aliphatic carbocycles. The summed E-state index contributed by atoms with van der Waals surface area (Å²) in [7, 11) is 4.74. The lowest BCUT2D eigenvalue weighted by molar-refractivity contribution is -0.890. The van der Waals surface area contributed by atoms with Gasteiger partial charge >= 0.3 is 0 Å². The molecule has 0 atom stereocenters. The molecule has 0 heterocycles. The van der Waals surface area contributed by atoms with Crippen molar-refractivity contribution in [2.75, 3.05) is 33.1 Å². The maximum absolute atomic E-state index is 5.75. The van der Waals surface area contributed by atoms with Gasteiger partial charge in [0.05, 0.1) is 27.2 Å². The molecular weight excluding hydrogens is 290 g/mol. The summed E-state index contributed by atoms with van der Waals surface area (Å²) < 4.78 is 1.18. The van der Waals surface area contributed by atoms with Crippen molar-refractivity contribution in [2.24, 2.45) is 0 Å². The van der Waals surface area contributed by atoms with E-state index < -0.39 is 0 Å². The first-order chi connectivity index (χ1) is 10.6. The molecule has 2 heteroatoms. The highest BCUT2D eigenvalue weighted by Crippen LogP contribution is 2.13. The Kier molecular flexibility index (Phi) is 16.3. The topological polar surface area (TPSA) is 0 Å². The molecule has 0 bridgehead atoms. The molecule has 0 aromatic carbocycles. The first-order valence-electron chi connectivity index (χ1n) is 10.0. The van der Waals surface area contributed by atoms with Gasteiger partial charge in [-0.2, -0.15) is 0 Å². The van der Waals surface area contributed by atoms with Crippen molar-refractivity contribution < 1.29 is 4.48 Å². The quantitative estimate of drug-likeness (QED) is 0.156. The molecule has 0 saturated carbocycles. The molecule has 0 aliphatic rings. The largest absolute Gasteiger partial charge is 0.328 e. The van der Waals surface area contributed by atoms with Crippen molar-refractivity contribution in [2.45, 2.75) is 96.8 Å². The fraction of sp³-hybridized carbons (Fsp3) is 1.00. The third kappa shape index (κ3) is 16.6. The molecule has 0 radical (unpaired) electrons. The third-order valence-electron chi connectivity index (χ3n) is 4.76. The number of rotatable bonds is 17. The van der Waals surface area contributed by atoms with Crippen molar-refractivity contribution in [3.05, 3.63) is 0 Å². The second kappa shape index (κ2) is 16.1. The first-order valence-corrected chi connectivity index (χ1v) is 10.5. The molecule has 0 aromatic rings. The standard InChI is InChI=1S/C20H43ClN/c1-4-5-6-7-8-9-10-11-12-13-14-16-19-22(2,3)20-17-15-18-21/h4-20H2,1-3H3/q+1. The maximum atomic E-state index is 5.75. The zero-order chi connectivity index (χ0) is 16.5. The SMILES string of the molecule is CCCCCCCCCCCCCC[N+](C)(C)CCCCCl. The summed E-state index contributed by atoms with van der Waals surface area (Å²) in [6.45, 7) is 4.91.